The molecule has 3 rings (SSSR count). The molecular formula is C31H40O19P4. The molecule has 0 unspecified atom stereocenters. The van der Waals surface area contributed by atoms with E-state index in [1.807, 2.05) is 13.8 Å². The normalized spacial score (nSPS) is 12.0. The van der Waals surface area contributed by atoms with Gasteiger partial charge in [0.2, 0.25) is 5.75 Å². The summed E-state index contributed by atoms with van der Waals surface area (Å²) >= 11 is 0. The van der Waals surface area contributed by atoms with Crippen molar-refractivity contribution in [3.05, 3.63) is 103 Å². The smallest absolute Gasteiger partial charge is 0.489 e. The molecule has 0 heterocycles. The van der Waals surface area contributed by atoms with Crippen molar-refractivity contribution in [3.63, 3.8) is 0 Å². The predicted octanol–water partition coefficient (Wildman–Crippen LogP) is 5.59. The van der Waals surface area contributed by atoms with Gasteiger partial charge in [-0.15, -0.1) is 0 Å². The van der Waals surface area contributed by atoms with E-state index < -0.39 is 48.2 Å². The molecule has 23 heteroatoms. The number of phosphoric acid groups is 4. The Hall–Kier alpha value is -3.92. The van der Waals surface area contributed by atoms with Gasteiger partial charge >= 0.3 is 31.3 Å². The van der Waals surface area contributed by atoms with Crippen LogP contribution in [0.5, 0.6) is 40.2 Å². The Balaban J connectivity index is 0.000000413. The molecule has 0 aliphatic carbocycles. The summed E-state index contributed by atoms with van der Waals surface area (Å²) in [7, 11) is -19.3. The van der Waals surface area contributed by atoms with Gasteiger partial charge in [-0.05, 0) is 36.8 Å². The Morgan fingerprint density at radius 1 is 0.537 bits per heavy atom. The van der Waals surface area contributed by atoms with Crippen LogP contribution in [0.2, 0.25) is 0 Å². The Morgan fingerprint density at radius 2 is 0.870 bits per heavy atom. The number of benzene rings is 3. The Bertz CT molecular complexity index is 1860. The van der Waals surface area contributed by atoms with Gasteiger partial charge in [0.15, 0.2) is 11.5 Å². The minimum atomic E-state index is -4.89. The van der Waals surface area contributed by atoms with Crippen LogP contribution in [0.1, 0.15) is 30.5 Å². The maximum Gasteiger partial charge on any atom is 0.524 e. The molecule has 298 valence electrons. The van der Waals surface area contributed by atoms with Gasteiger partial charge in [0.05, 0.1) is 0 Å². The summed E-state index contributed by atoms with van der Waals surface area (Å²) in [5.74, 6) is -0.771. The van der Waals surface area contributed by atoms with Crippen molar-refractivity contribution in [1.29, 1.82) is 0 Å². The SMILES string of the molecule is C=CCOc1c(OP(=O)(O)O)cc(C)cc1OP(=O)(O)O.C=CCOc1cc(OP(=O)(O)O)ccc1C(C)(C)c1ccc(OP(=O)(O)O)cc1OCC=C. The molecule has 0 saturated carbocycles. The fraction of sp³-hybridized carbons (Fsp3) is 0.226. The molecule has 0 saturated heterocycles. The molecule has 0 radical (unpaired) electrons. The molecule has 0 amide bonds. The lowest BCUT2D eigenvalue weighted by molar-refractivity contribution is 0.261. The molecule has 0 spiro atoms. The summed E-state index contributed by atoms with van der Waals surface area (Å²) in [5, 5.41) is 0. The van der Waals surface area contributed by atoms with Crippen LogP contribution in [0.4, 0.5) is 0 Å². The maximum atomic E-state index is 11.2. The topological polar surface area (TPSA) is 295 Å². The van der Waals surface area contributed by atoms with Crippen molar-refractivity contribution >= 4 is 31.3 Å². The van der Waals surface area contributed by atoms with Crippen LogP contribution in [0.3, 0.4) is 0 Å². The van der Waals surface area contributed by atoms with Gasteiger partial charge in [-0.2, -0.15) is 0 Å². The van der Waals surface area contributed by atoms with E-state index in [1.54, 1.807) is 12.1 Å². The van der Waals surface area contributed by atoms with Crippen LogP contribution >= 0.6 is 31.3 Å². The van der Waals surface area contributed by atoms with Gasteiger partial charge in [0.1, 0.15) is 42.8 Å². The maximum absolute atomic E-state index is 11.2. The highest BCUT2D eigenvalue weighted by Gasteiger charge is 2.32. The zero-order valence-electron chi connectivity index (χ0n) is 29.0. The van der Waals surface area contributed by atoms with E-state index in [0.717, 1.165) is 0 Å². The van der Waals surface area contributed by atoms with Crippen molar-refractivity contribution in [1.82, 2.24) is 0 Å². The first-order chi connectivity index (χ1) is 24.8. The van der Waals surface area contributed by atoms with Crippen molar-refractivity contribution in [2.24, 2.45) is 0 Å². The van der Waals surface area contributed by atoms with Gasteiger partial charge in [-0.25, -0.2) is 18.3 Å². The van der Waals surface area contributed by atoms with Gasteiger partial charge < -0.3 is 32.3 Å². The lowest BCUT2D eigenvalue weighted by atomic mass is 9.77. The first-order valence-corrected chi connectivity index (χ1v) is 21.1. The van der Waals surface area contributed by atoms with Crippen molar-refractivity contribution < 1.29 is 89.7 Å². The average Bonchev–Trinajstić information content (AvgIpc) is 2.99. The largest absolute Gasteiger partial charge is 0.524 e. The van der Waals surface area contributed by atoms with E-state index >= 15 is 0 Å². The Kier molecular flexibility index (Phi) is 16.4. The van der Waals surface area contributed by atoms with Crippen LogP contribution in [0.25, 0.3) is 0 Å². The molecule has 0 bridgehead atoms. The second kappa shape index (κ2) is 19.1. The monoisotopic (exact) mass is 840 g/mol. The number of aryl methyl sites for hydroxylation is 1. The molecule has 3 aromatic carbocycles. The van der Waals surface area contributed by atoms with E-state index in [0.29, 0.717) is 16.7 Å². The summed E-state index contributed by atoms with van der Waals surface area (Å²) in [6, 6.07) is 11.2. The molecule has 0 aliphatic rings. The highest BCUT2D eigenvalue weighted by Crippen LogP contribution is 2.51. The van der Waals surface area contributed by atoms with E-state index in [2.05, 4.69) is 37.8 Å². The van der Waals surface area contributed by atoms with E-state index in [4.69, 9.17) is 53.4 Å². The highest BCUT2D eigenvalue weighted by molar-refractivity contribution is 7.47. The second-order valence-corrected chi connectivity index (χ2v) is 15.8. The van der Waals surface area contributed by atoms with Crippen molar-refractivity contribution in [2.45, 2.75) is 26.2 Å². The third-order valence-electron chi connectivity index (χ3n) is 6.36. The molecule has 0 atom stereocenters. The van der Waals surface area contributed by atoms with Crippen LogP contribution in [-0.4, -0.2) is 59.0 Å². The van der Waals surface area contributed by atoms with Crippen LogP contribution in [0.15, 0.2) is 86.5 Å². The lowest BCUT2D eigenvalue weighted by Gasteiger charge is -2.30. The van der Waals surface area contributed by atoms with E-state index in [1.165, 1.54) is 61.5 Å². The quantitative estimate of drug-likeness (QED) is 0.0539. The van der Waals surface area contributed by atoms with Crippen molar-refractivity contribution in [3.8, 4) is 40.2 Å². The molecule has 0 aromatic heterocycles. The summed E-state index contributed by atoms with van der Waals surface area (Å²) in [5.41, 5.74) is 0.811. The first-order valence-electron chi connectivity index (χ1n) is 14.9. The van der Waals surface area contributed by atoms with Crippen molar-refractivity contribution in [2.75, 3.05) is 19.8 Å². The summed E-state index contributed by atoms with van der Waals surface area (Å²) in [6.07, 6.45) is 4.35. The number of hydrogen-bond donors (Lipinski definition) is 8. The minimum Gasteiger partial charge on any atom is -0.489 e. The fourth-order valence-electron chi connectivity index (χ4n) is 4.49. The van der Waals surface area contributed by atoms with Crippen LogP contribution in [-0.2, 0) is 23.7 Å². The number of ether oxygens (including phenoxy) is 3. The van der Waals surface area contributed by atoms with Gasteiger partial charge in [-0.1, -0.05) is 63.9 Å². The molecule has 54 heavy (non-hydrogen) atoms. The molecule has 0 aliphatic heterocycles. The zero-order chi connectivity index (χ0) is 41.1. The Morgan fingerprint density at radius 3 is 1.19 bits per heavy atom. The number of phosphoric ester groups is 4. The minimum absolute atomic E-state index is 0.0875. The molecular weight excluding hydrogens is 800 g/mol. The molecule has 8 N–H and O–H groups in total. The highest BCUT2D eigenvalue weighted by atomic mass is 31.2. The van der Waals surface area contributed by atoms with E-state index in [-0.39, 0.29) is 48.6 Å². The second-order valence-electron chi connectivity index (χ2n) is 11.2. The third kappa shape index (κ3) is 15.8. The van der Waals surface area contributed by atoms with Gasteiger partial charge in [0, 0.05) is 28.7 Å². The molecule has 3 aromatic rings. The van der Waals surface area contributed by atoms with Gasteiger partial charge in [-0.3, -0.25) is 39.1 Å². The summed E-state index contributed by atoms with van der Waals surface area (Å²) in [6.45, 7) is 16.0. The fourth-order valence-corrected chi connectivity index (χ4v) is 6.05. The lowest BCUT2D eigenvalue weighted by Crippen LogP contribution is -2.21. The standard InChI is InChI=1S/C21H26O10P2.C10H14O9P2/c1-5-11-28-19-13-15(30-32(22,23)24)7-9-17(19)21(3,4)18-10-8-16(31-33(25,26)27)14-20(18)29-12-6-2;1-3-4-17-10-8(18-20(11,12)13)5-7(2)6-9(10)19-21(14,15)16/h5-10,13-14H,1-2,11-12H2,3-4H3,(H2,22,23,24)(H2,25,26,27);3,5-6H,1,4H2,2H3,(H2,11,12,13)(H2,14,15,16). The summed E-state index contributed by atoms with van der Waals surface area (Å²) < 4.78 is 79.1. The number of hydrogen-bond acceptors (Lipinski definition) is 11. The van der Waals surface area contributed by atoms with E-state index in [9.17, 15) is 18.3 Å². The predicted molar refractivity (Wildman–Crippen MR) is 194 cm³/mol. The average molecular weight is 841 g/mol. The molecule has 19 nitrogen and oxygen atoms in total. The van der Waals surface area contributed by atoms with Crippen LogP contribution < -0.4 is 32.3 Å². The Labute approximate surface area is 310 Å². The third-order valence-corrected chi connectivity index (χ3v) is 8.13. The van der Waals surface area contributed by atoms with Gasteiger partial charge in [0.25, 0.3) is 0 Å². The summed E-state index contributed by atoms with van der Waals surface area (Å²) in [4.78, 5) is 71.9. The van der Waals surface area contributed by atoms with Crippen LogP contribution in [0, 0.1) is 6.92 Å². The molecule has 0 fully saturated rings. The number of rotatable bonds is 19. The zero-order valence-corrected chi connectivity index (χ0v) is 32.5. The first kappa shape index (κ1) is 46.2.